The second kappa shape index (κ2) is 5.32. The molecule has 0 bridgehead atoms. The van der Waals surface area contributed by atoms with Crippen LogP contribution in [-0.2, 0) is 0 Å². The smallest absolute Gasteiger partial charge is 0.275 e. The van der Waals surface area contributed by atoms with Gasteiger partial charge >= 0.3 is 0 Å². The van der Waals surface area contributed by atoms with Gasteiger partial charge in [-0.3, -0.25) is 9.69 Å². The van der Waals surface area contributed by atoms with Gasteiger partial charge < -0.3 is 4.90 Å². The van der Waals surface area contributed by atoms with E-state index in [2.05, 4.69) is 13.6 Å². The molecule has 0 spiro atoms. The van der Waals surface area contributed by atoms with Crippen molar-refractivity contribution in [3.8, 4) is 0 Å². The van der Waals surface area contributed by atoms with Gasteiger partial charge in [0.2, 0.25) is 0 Å². The van der Waals surface area contributed by atoms with Crippen LogP contribution in [0.2, 0.25) is 0 Å². The number of piperidine rings is 1. The zero-order chi connectivity index (χ0) is 12.4. The summed E-state index contributed by atoms with van der Waals surface area (Å²) in [4.78, 5) is 16.7. The molecule has 1 amide bonds. The number of carbonyl (C=O) groups excluding carboxylic acids is 1. The predicted molar refractivity (Wildman–Crippen MR) is 69.6 cm³/mol. The van der Waals surface area contributed by atoms with E-state index < -0.39 is 0 Å². The van der Waals surface area contributed by atoms with Crippen molar-refractivity contribution in [3.05, 3.63) is 11.9 Å². The topological polar surface area (TPSA) is 49.3 Å². The summed E-state index contributed by atoms with van der Waals surface area (Å²) < 4.78 is 7.95. The Morgan fingerprint density at radius 3 is 2.83 bits per heavy atom. The largest absolute Gasteiger partial charge is 0.336 e. The molecule has 2 fully saturated rings. The summed E-state index contributed by atoms with van der Waals surface area (Å²) in [5, 5.41) is 0. The van der Waals surface area contributed by atoms with E-state index in [9.17, 15) is 4.79 Å². The lowest BCUT2D eigenvalue weighted by Crippen LogP contribution is -2.49. The van der Waals surface area contributed by atoms with Crippen molar-refractivity contribution in [3.63, 3.8) is 0 Å². The Kier molecular flexibility index (Phi) is 3.56. The van der Waals surface area contributed by atoms with Crippen molar-refractivity contribution in [1.29, 1.82) is 0 Å². The molecule has 1 unspecified atom stereocenters. The average Bonchev–Trinajstić information content (AvgIpc) is 3.11. The summed E-state index contributed by atoms with van der Waals surface area (Å²) in [6.07, 6.45) is 6.51. The molecule has 0 radical (unpaired) electrons. The lowest BCUT2D eigenvalue weighted by Gasteiger charge is -2.37. The van der Waals surface area contributed by atoms with E-state index in [1.807, 2.05) is 4.90 Å². The van der Waals surface area contributed by atoms with Crippen LogP contribution in [0.5, 0.6) is 0 Å². The number of amides is 1. The highest BCUT2D eigenvalue weighted by Gasteiger charge is 2.30. The van der Waals surface area contributed by atoms with Crippen LogP contribution >= 0.6 is 11.7 Å². The normalized spacial score (nSPS) is 25.6. The number of nitrogens with zero attached hydrogens (tertiary/aromatic N) is 4. The Labute approximate surface area is 111 Å². The van der Waals surface area contributed by atoms with Gasteiger partial charge in [0.05, 0.1) is 17.9 Å². The zero-order valence-corrected chi connectivity index (χ0v) is 11.2. The van der Waals surface area contributed by atoms with Gasteiger partial charge in [-0.15, -0.1) is 0 Å². The van der Waals surface area contributed by atoms with Crippen LogP contribution < -0.4 is 0 Å². The minimum absolute atomic E-state index is 0.0487. The van der Waals surface area contributed by atoms with Crippen LogP contribution in [0, 0.1) is 0 Å². The second-order valence-electron chi connectivity index (χ2n) is 5.08. The van der Waals surface area contributed by atoms with Crippen LogP contribution in [-0.4, -0.2) is 56.7 Å². The number of hydrogen-bond donors (Lipinski definition) is 0. The lowest BCUT2D eigenvalue weighted by atomic mass is 10.0. The number of hydrogen-bond acceptors (Lipinski definition) is 5. The maximum Gasteiger partial charge on any atom is 0.275 e. The summed E-state index contributed by atoms with van der Waals surface area (Å²) in [5.74, 6) is 0.0487. The minimum atomic E-state index is 0.0487. The number of carbonyl (C=O) groups is 1. The van der Waals surface area contributed by atoms with E-state index in [-0.39, 0.29) is 5.91 Å². The maximum absolute atomic E-state index is 12.2. The molecule has 2 aliphatic heterocycles. The van der Waals surface area contributed by atoms with Crippen molar-refractivity contribution < 1.29 is 4.79 Å². The standard InChI is InChI=1S/C12H18N4OS/c17-12(11-8-13-18-14-11)16-7-3-4-10(9-16)15-5-1-2-6-15/h8,10H,1-7,9H2. The van der Waals surface area contributed by atoms with Crippen molar-refractivity contribution in [2.45, 2.75) is 31.7 Å². The maximum atomic E-state index is 12.2. The highest BCUT2D eigenvalue weighted by Crippen LogP contribution is 2.21. The fraction of sp³-hybridized carbons (Fsp3) is 0.750. The van der Waals surface area contributed by atoms with E-state index in [4.69, 9.17) is 0 Å². The summed E-state index contributed by atoms with van der Waals surface area (Å²) in [6.45, 7) is 4.12. The fourth-order valence-electron chi connectivity index (χ4n) is 2.96. The van der Waals surface area contributed by atoms with Crippen molar-refractivity contribution >= 4 is 17.6 Å². The van der Waals surface area contributed by atoms with Gasteiger partial charge in [-0.1, -0.05) is 0 Å². The summed E-state index contributed by atoms with van der Waals surface area (Å²) in [6, 6.07) is 0.553. The summed E-state index contributed by atoms with van der Waals surface area (Å²) in [5.41, 5.74) is 0.502. The zero-order valence-electron chi connectivity index (χ0n) is 10.4. The van der Waals surface area contributed by atoms with E-state index in [0.717, 1.165) is 31.2 Å². The van der Waals surface area contributed by atoms with Gasteiger partial charge in [0.25, 0.3) is 5.91 Å². The molecule has 3 heterocycles. The Balaban J connectivity index is 1.64. The first-order chi connectivity index (χ1) is 8.84. The fourth-order valence-corrected chi connectivity index (χ4v) is 3.37. The third-order valence-corrected chi connectivity index (χ3v) is 4.40. The Hall–Kier alpha value is -1.01. The SMILES string of the molecule is O=C(c1cnsn1)N1CCCC(N2CCCC2)C1. The van der Waals surface area contributed by atoms with Gasteiger partial charge in [-0.05, 0) is 38.8 Å². The molecule has 1 atom stereocenters. The van der Waals surface area contributed by atoms with Crippen LogP contribution in [0.1, 0.15) is 36.2 Å². The quantitative estimate of drug-likeness (QED) is 0.808. The Morgan fingerprint density at radius 1 is 1.28 bits per heavy atom. The molecule has 0 aromatic carbocycles. The van der Waals surface area contributed by atoms with Crippen LogP contribution in [0.15, 0.2) is 6.20 Å². The highest BCUT2D eigenvalue weighted by atomic mass is 32.1. The predicted octanol–water partition coefficient (Wildman–Crippen LogP) is 1.24. The minimum Gasteiger partial charge on any atom is -0.336 e. The average molecular weight is 266 g/mol. The first kappa shape index (κ1) is 12.0. The lowest BCUT2D eigenvalue weighted by molar-refractivity contribution is 0.0603. The molecule has 2 aliphatic rings. The van der Waals surface area contributed by atoms with E-state index in [1.54, 1.807) is 6.20 Å². The molecule has 0 aliphatic carbocycles. The van der Waals surface area contributed by atoms with Crippen molar-refractivity contribution in [2.75, 3.05) is 26.2 Å². The number of aromatic nitrogens is 2. The van der Waals surface area contributed by atoms with Crippen LogP contribution in [0.25, 0.3) is 0 Å². The van der Waals surface area contributed by atoms with E-state index in [0.29, 0.717) is 11.7 Å². The molecule has 98 valence electrons. The van der Waals surface area contributed by atoms with Gasteiger partial charge in [0.15, 0.2) is 5.69 Å². The molecular formula is C12H18N4OS. The van der Waals surface area contributed by atoms with Gasteiger partial charge in [-0.25, -0.2) is 0 Å². The van der Waals surface area contributed by atoms with Crippen LogP contribution in [0.3, 0.4) is 0 Å². The van der Waals surface area contributed by atoms with E-state index >= 15 is 0 Å². The second-order valence-corrected chi connectivity index (χ2v) is 5.64. The van der Waals surface area contributed by atoms with Crippen molar-refractivity contribution in [1.82, 2.24) is 18.5 Å². The third kappa shape index (κ3) is 2.40. The molecule has 0 N–H and O–H groups in total. The Bertz CT molecular complexity index is 402. The van der Waals surface area contributed by atoms with Gasteiger partial charge in [0.1, 0.15) is 0 Å². The third-order valence-electron chi connectivity index (χ3n) is 3.92. The summed E-state index contributed by atoms with van der Waals surface area (Å²) in [7, 11) is 0. The molecule has 3 rings (SSSR count). The first-order valence-electron chi connectivity index (χ1n) is 6.65. The monoisotopic (exact) mass is 266 g/mol. The number of likely N-dealkylation sites (tertiary alicyclic amines) is 2. The van der Waals surface area contributed by atoms with E-state index in [1.165, 1.54) is 32.4 Å². The Morgan fingerprint density at radius 2 is 2.11 bits per heavy atom. The van der Waals surface area contributed by atoms with Crippen LogP contribution in [0.4, 0.5) is 0 Å². The molecule has 1 aromatic heterocycles. The highest BCUT2D eigenvalue weighted by molar-refractivity contribution is 6.99. The van der Waals surface area contributed by atoms with Gasteiger partial charge in [0, 0.05) is 19.1 Å². The molecule has 1 aromatic rings. The van der Waals surface area contributed by atoms with Gasteiger partial charge in [-0.2, -0.15) is 8.75 Å². The van der Waals surface area contributed by atoms with Crippen molar-refractivity contribution in [2.24, 2.45) is 0 Å². The molecule has 0 saturated carbocycles. The molecule has 6 heteroatoms. The molecule has 18 heavy (non-hydrogen) atoms. The number of rotatable bonds is 2. The molecule has 2 saturated heterocycles. The molecule has 5 nitrogen and oxygen atoms in total. The summed E-state index contributed by atoms with van der Waals surface area (Å²) >= 11 is 1.10. The first-order valence-corrected chi connectivity index (χ1v) is 7.38. The molecular weight excluding hydrogens is 248 g/mol.